The summed E-state index contributed by atoms with van der Waals surface area (Å²) < 4.78 is 60.2. The lowest BCUT2D eigenvalue weighted by Gasteiger charge is -2.30. The molecule has 1 fully saturated rings. The molecule has 5 rings (SSSR count). The van der Waals surface area contributed by atoms with Crippen molar-refractivity contribution in [2.45, 2.75) is 56.0 Å². The SMILES string of the molecule is O=C(CCNC(=O)C1=CC2OC3(Cc4ccccc4C3)OC2C(OC(=O)c2ccccc2C=CC(=O)OCC(F)(F)F)C1)NCCO. The molecule has 2 aliphatic carbocycles. The van der Waals surface area contributed by atoms with Gasteiger partial charge in [0.2, 0.25) is 11.8 Å². The topological polar surface area (TPSA) is 149 Å². The van der Waals surface area contributed by atoms with Gasteiger partial charge >= 0.3 is 18.1 Å². The zero-order chi connectivity index (χ0) is 33.6. The number of amides is 2. The molecular formula is C33H33F3N2O9. The molecule has 0 radical (unpaired) electrons. The van der Waals surface area contributed by atoms with Gasteiger partial charge in [0, 0.05) is 50.4 Å². The van der Waals surface area contributed by atoms with Gasteiger partial charge in [-0.2, -0.15) is 13.2 Å². The lowest BCUT2D eigenvalue weighted by atomic mass is 9.91. The van der Waals surface area contributed by atoms with Gasteiger partial charge in [0.1, 0.15) is 18.3 Å². The second-order valence-corrected chi connectivity index (χ2v) is 11.3. The molecule has 250 valence electrons. The normalized spacial score (nSPS) is 21.1. The first-order valence-corrected chi connectivity index (χ1v) is 15.0. The molecular weight excluding hydrogens is 625 g/mol. The van der Waals surface area contributed by atoms with E-state index in [1.807, 2.05) is 24.3 Å². The third kappa shape index (κ3) is 8.64. The zero-order valence-electron chi connectivity index (χ0n) is 25.1. The number of benzene rings is 2. The van der Waals surface area contributed by atoms with Gasteiger partial charge in [-0.15, -0.1) is 0 Å². The molecule has 0 saturated carbocycles. The third-order valence-electron chi connectivity index (χ3n) is 7.80. The van der Waals surface area contributed by atoms with Crippen molar-refractivity contribution < 1.29 is 56.4 Å². The molecule has 0 aromatic heterocycles. The van der Waals surface area contributed by atoms with E-state index in [1.165, 1.54) is 12.1 Å². The van der Waals surface area contributed by atoms with E-state index in [1.54, 1.807) is 18.2 Å². The van der Waals surface area contributed by atoms with Crippen LogP contribution in [0.5, 0.6) is 0 Å². The molecule has 1 spiro atoms. The highest BCUT2D eigenvalue weighted by molar-refractivity contribution is 5.96. The van der Waals surface area contributed by atoms with Crippen LogP contribution in [0.2, 0.25) is 0 Å². The summed E-state index contributed by atoms with van der Waals surface area (Å²) in [5.74, 6) is -3.93. The number of nitrogens with one attached hydrogen (secondary N) is 2. The minimum absolute atomic E-state index is 0.0141. The van der Waals surface area contributed by atoms with Crippen LogP contribution in [0.3, 0.4) is 0 Å². The molecule has 3 unspecified atom stereocenters. The fraction of sp³-hybridized carbons (Fsp3) is 0.394. The summed E-state index contributed by atoms with van der Waals surface area (Å²) in [7, 11) is 0. The first-order valence-electron chi connectivity index (χ1n) is 15.0. The Bertz CT molecular complexity index is 1550. The highest BCUT2D eigenvalue weighted by atomic mass is 19.4. The summed E-state index contributed by atoms with van der Waals surface area (Å²) in [6.07, 6.45) is -2.78. The molecule has 2 amide bonds. The number of fused-ring (bicyclic) bond motifs is 2. The van der Waals surface area contributed by atoms with E-state index in [0.29, 0.717) is 12.8 Å². The first-order chi connectivity index (χ1) is 22.4. The zero-order valence-corrected chi connectivity index (χ0v) is 25.1. The summed E-state index contributed by atoms with van der Waals surface area (Å²) >= 11 is 0. The Hall–Kier alpha value is -4.53. The van der Waals surface area contributed by atoms with Gasteiger partial charge in [-0.25, -0.2) is 9.59 Å². The Labute approximate surface area is 267 Å². The average molecular weight is 659 g/mol. The number of aliphatic hydroxyl groups is 1. The molecule has 1 aliphatic heterocycles. The second-order valence-electron chi connectivity index (χ2n) is 11.3. The molecule has 14 heteroatoms. The molecule has 2 aromatic carbocycles. The molecule has 3 aliphatic rings. The largest absolute Gasteiger partial charge is 0.456 e. The van der Waals surface area contributed by atoms with Gasteiger partial charge in [-0.1, -0.05) is 42.5 Å². The maximum atomic E-state index is 13.5. The van der Waals surface area contributed by atoms with Crippen LogP contribution in [0.25, 0.3) is 6.08 Å². The lowest BCUT2D eigenvalue weighted by molar-refractivity contribution is -0.182. The number of esters is 2. The van der Waals surface area contributed by atoms with Crippen molar-refractivity contribution in [1.82, 2.24) is 10.6 Å². The minimum atomic E-state index is -4.69. The van der Waals surface area contributed by atoms with Gasteiger partial charge in [-0.05, 0) is 34.9 Å². The van der Waals surface area contributed by atoms with Crippen LogP contribution in [0.4, 0.5) is 13.2 Å². The highest BCUT2D eigenvalue weighted by Crippen LogP contribution is 2.45. The van der Waals surface area contributed by atoms with Crippen molar-refractivity contribution in [3.05, 3.63) is 88.5 Å². The van der Waals surface area contributed by atoms with E-state index in [9.17, 15) is 32.3 Å². The summed E-state index contributed by atoms with van der Waals surface area (Å²) in [6.45, 7) is -1.84. The van der Waals surface area contributed by atoms with Gasteiger partial charge < -0.3 is 34.7 Å². The van der Waals surface area contributed by atoms with Crippen molar-refractivity contribution in [3.63, 3.8) is 0 Å². The maximum absolute atomic E-state index is 13.5. The number of hydrogen-bond donors (Lipinski definition) is 3. The Morgan fingerprint density at radius 3 is 2.38 bits per heavy atom. The number of alkyl halides is 3. The lowest BCUT2D eigenvalue weighted by Crippen LogP contribution is -2.44. The molecule has 1 saturated heterocycles. The van der Waals surface area contributed by atoms with Crippen LogP contribution in [-0.2, 0) is 46.2 Å². The number of halogens is 3. The number of hydrogen-bond acceptors (Lipinski definition) is 9. The minimum Gasteiger partial charge on any atom is -0.456 e. The summed E-state index contributed by atoms with van der Waals surface area (Å²) in [4.78, 5) is 50.4. The Kier molecular flexibility index (Phi) is 10.4. The molecule has 1 heterocycles. The van der Waals surface area contributed by atoms with Crippen LogP contribution in [-0.4, -0.2) is 85.4 Å². The third-order valence-corrected chi connectivity index (χ3v) is 7.80. The van der Waals surface area contributed by atoms with Crippen molar-refractivity contribution in [2.75, 3.05) is 26.3 Å². The molecule has 0 bridgehead atoms. The van der Waals surface area contributed by atoms with E-state index < -0.39 is 54.7 Å². The smallest absolute Gasteiger partial charge is 0.422 e. The van der Waals surface area contributed by atoms with Crippen LogP contribution in [0.1, 0.15) is 39.9 Å². The van der Waals surface area contributed by atoms with Crippen LogP contribution in [0.15, 0.2) is 66.3 Å². The quantitative estimate of drug-likeness (QED) is 0.245. The van der Waals surface area contributed by atoms with Gasteiger partial charge in [-0.3, -0.25) is 9.59 Å². The Morgan fingerprint density at radius 2 is 1.68 bits per heavy atom. The molecule has 3 N–H and O–H groups in total. The number of carbonyl (C=O) groups excluding carboxylic acids is 4. The Morgan fingerprint density at radius 1 is 0.979 bits per heavy atom. The van der Waals surface area contributed by atoms with Gasteiger partial charge in [0.25, 0.3) is 0 Å². The summed E-state index contributed by atoms with van der Waals surface area (Å²) in [6, 6.07) is 13.8. The Balaban J connectivity index is 1.32. The van der Waals surface area contributed by atoms with Crippen LogP contribution in [0, 0.1) is 0 Å². The standard InChI is InChI=1S/C33H33F3N2O9/c34-33(35,36)19-44-28(41)10-9-20-5-3-4-8-24(20)31(43)45-25-15-23(30(42)38-12-11-27(40)37-13-14-39)16-26-29(25)47-32(46-26)17-21-6-1-2-7-22(21)18-32/h1-10,16,25-26,29,39H,11-15,17-19H2,(H,37,40)(H,38,42). The molecule has 3 atom stereocenters. The molecule has 47 heavy (non-hydrogen) atoms. The predicted octanol–water partition coefficient (Wildman–Crippen LogP) is 2.55. The number of carbonyl (C=O) groups is 4. The fourth-order valence-corrected chi connectivity index (χ4v) is 5.74. The molecule has 11 nitrogen and oxygen atoms in total. The van der Waals surface area contributed by atoms with E-state index in [4.69, 9.17) is 19.3 Å². The van der Waals surface area contributed by atoms with E-state index in [0.717, 1.165) is 23.3 Å². The summed E-state index contributed by atoms with van der Waals surface area (Å²) in [5.41, 5.74) is 2.57. The van der Waals surface area contributed by atoms with Crippen molar-refractivity contribution in [3.8, 4) is 0 Å². The first kappa shape index (κ1) is 33.8. The monoisotopic (exact) mass is 658 g/mol. The van der Waals surface area contributed by atoms with Crippen LogP contribution < -0.4 is 10.6 Å². The number of aliphatic hydroxyl groups excluding tert-OH is 1. The predicted molar refractivity (Wildman–Crippen MR) is 158 cm³/mol. The number of rotatable bonds is 11. The fourth-order valence-electron chi connectivity index (χ4n) is 5.74. The second kappa shape index (κ2) is 14.5. The van der Waals surface area contributed by atoms with Crippen molar-refractivity contribution in [2.24, 2.45) is 0 Å². The maximum Gasteiger partial charge on any atom is 0.422 e. The van der Waals surface area contributed by atoms with Gasteiger partial charge in [0.05, 0.1) is 12.2 Å². The van der Waals surface area contributed by atoms with E-state index in [-0.39, 0.29) is 55.1 Å². The van der Waals surface area contributed by atoms with Crippen LogP contribution >= 0.6 is 0 Å². The van der Waals surface area contributed by atoms with E-state index >= 15 is 0 Å². The van der Waals surface area contributed by atoms with E-state index in [2.05, 4.69) is 15.4 Å². The highest BCUT2D eigenvalue weighted by Gasteiger charge is 2.55. The number of ether oxygens (including phenoxy) is 4. The molecule has 2 aromatic rings. The summed E-state index contributed by atoms with van der Waals surface area (Å²) in [5, 5.41) is 14.1. The van der Waals surface area contributed by atoms with Crippen molar-refractivity contribution >= 4 is 29.8 Å². The average Bonchev–Trinajstić information content (AvgIpc) is 3.59. The van der Waals surface area contributed by atoms with Crippen molar-refractivity contribution in [1.29, 1.82) is 0 Å². The van der Waals surface area contributed by atoms with Gasteiger partial charge in [0.15, 0.2) is 12.4 Å².